The van der Waals surface area contributed by atoms with Crippen LogP contribution < -0.4 is 0 Å². The molecule has 0 radical (unpaired) electrons. The molecule has 142 valence electrons. The lowest BCUT2D eigenvalue weighted by Crippen LogP contribution is -2.19. The van der Waals surface area contributed by atoms with Gasteiger partial charge in [0.15, 0.2) is 6.29 Å². The van der Waals surface area contributed by atoms with E-state index in [0.717, 1.165) is 38.5 Å². The summed E-state index contributed by atoms with van der Waals surface area (Å²) < 4.78 is 0. The fraction of sp³-hybridized carbons (Fsp3) is 0.409. The summed E-state index contributed by atoms with van der Waals surface area (Å²) in [5, 5.41) is 10.5. The van der Waals surface area contributed by atoms with Crippen molar-refractivity contribution in [2.45, 2.75) is 57.9 Å². The second-order valence-corrected chi connectivity index (χ2v) is 5.64. The van der Waals surface area contributed by atoms with Gasteiger partial charge in [0.05, 0.1) is 0 Å². The van der Waals surface area contributed by atoms with E-state index in [2.05, 4.69) is 61.6 Å². The Hall–Kier alpha value is -2.49. The predicted molar refractivity (Wildman–Crippen MR) is 110 cm³/mol. The van der Waals surface area contributed by atoms with Crippen LogP contribution in [0.4, 0.5) is 0 Å². The molecule has 0 aliphatic rings. The molecule has 0 amide bonds. The molecule has 4 heteroatoms. The van der Waals surface area contributed by atoms with E-state index in [1.165, 1.54) is 0 Å². The molecule has 0 rings (SSSR count). The van der Waals surface area contributed by atoms with Crippen molar-refractivity contribution >= 4 is 6.29 Å². The number of rotatable bonds is 15. The predicted octanol–water partition coefficient (Wildman–Crippen LogP) is 5.92. The van der Waals surface area contributed by atoms with Crippen molar-refractivity contribution in [3.63, 3.8) is 0 Å². The number of allylic oxidation sites excluding steroid dienone is 11. The highest BCUT2D eigenvalue weighted by Gasteiger charge is 2.15. The van der Waals surface area contributed by atoms with Crippen LogP contribution in [0.5, 0.6) is 0 Å². The third-order valence-electron chi connectivity index (χ3n) is 3.40. The van der Waals surface area contributed by atoms with Crippen LogP contribution in [-0.2, 0) is 4.79 Å². The maximum absolute atomic E-state index is 10.5. The van der Waals surface area contributed by atoms with E-state index in [1.54, 1.807) is 6.08 Å². The second kappa shape index (κ2) is 18.8. The first-order chi connectivity index (χ1) is 12.7. The fourth-order valence-electron chi connectivity index (χ4n) is 1.95. The van der Waals surface area contributed by atoms with Crippen LogP contribution in [0.3, 0.4) is 0 Å². The highest BCUT2D eigenvalue weighted by Crippen LogP contribution is 1.98. The molecule has 0 aliphatic heterocycles. The number of nitro groups is 1. The van der Waals surface area contributed by atoms with Gasteiger partial charge in [-0.25, -0.2) is 0 Å². The average Bonchev–Trinajstić information content (AvgIpc) is 2.63. The van der Waals surface area contributed by atoms with E-state index in [1.807, 2.05) is 12.2 Å². The van der Waals surface area contributed by atoms with Crippen LogP contribution in [0.15, 0.2) is 72.9 Å². The molecule has 0 bridgehead atoms. The van der Waals surface area contributed by atoms with E-state index in [0.29, 0.717) is 6.29 Å². The van der Waals surface area contributed by atoms with Crippen LogP contribution in [0.25, 0.3) is 0 Å². The molecule has 1 unspecified atom stereocenters. The molecular weight excluding hydrogens is 326 g/mol. The highest BCUT2D eigenvalue weighted by molar-refractivity contribution is 5.55. The Balaban J connectivity index is 3.67. The molecule has 0 fully saturated rings. The number of nitrogens with zero attached hydrogens (tertiary/aromatic N) is 1. The molecule has 0 aromatic heterocycles. The van der Waals surface area contributed by atoms with E-state index in [4.69, 9.17) is 0 Å². The summed E-state index contributed by atoms with van der Waals surface area (Å²) in [6, 6.07) is -1.13. The van der Waals surface area contributed by atoms with Gasteiger partial charge in [0.1, 0.15) is 0 Å². The monoisotopic (exact) mass is 357 g/mol. The zero-order valence-electron chi connectivity index (χ0n) is 15.7. The van der Waals surface area contributed by atoms with E-state index >= 15 is 0 Å². The summed E-state index contributed by atoms with van der Waals surface area (Å²) in [5.41, 5.74) is 0. The normalized spacial score (nSPS) is 14.0. The Kier molecular flexibility index (Phi) is 17.0. The summed E-state index contributed by atoms with van der Waals surface area (Å²) >= 11 is 0. The summed E-state index contributed by atoms with van der Waals surface area (Å²) in [6.45, 7) is 2.14. The van der Waals surface area contributed by atoms with Crippen molar-refractivity contribution in [2.75, 3.05) is 0 Å². The van der Waals surface area contributed by atoms with E-state index < -0.39 is 11.0 Å². The molecule has 0 saturated heterocycles. The molecule has 0 aliphatic carbocycles. The maximum Gasteiger partial charge on any atom is 0.270 e. The molecule has 0 N–H and O–H groups in total. The van der Waals surface area contributed by atoms with E-state index in [9.17, 15) is 14.9 Å². The number of hydrogen-bond acceptors (Lipinski definition) is 3. The minimum atomic E-state index is -1.13. The quantitative estimate of drug-likeness (QED) is 0.158. The van der Waals surface area contributed by atoms with Crippen LogP contribution in [0.2, 0.25) is 0 Å². The zero-order chi connectivity index (χ0) is 19.3. The number of carbonyl (C=O) groups is 1. The molecule has 4 nitrogen and oxygen atoms in total. The molecule has 0 saturated carbocycles. The van der Waals surface area contributed by atoms with Gasteiger partial charge >= 0.3 is 0 Å². The Labute approximate surface area is 157 Å². The van der Waals surface area contributed by atoms with Crippen LogP contribution in [0.1, 0.15) is 51.9 Å². The summed E-state index contributed by atoms with van der Waals surface area (Å²) in [6.07, 6.45) is 31.0. The standard InChI is InChI=1S/C22H31NO3/c1-2-3-4-5-6-7-8-9-10-11-12-13-14-15-16-17-18-19-20-22(21-24)23(25)26/h3-4,6-7,9-10,12-13,15-16,18-19,21-22H,2,5,8,11,14,17,20H2,1H3/b4-3+,7-6+,10-9+,13-12+,16-15+,19-18+. The van der Waals surface area contributed by atoms with Crippen molar-refractivity contribution in [2.24, 2.45) is 0 Å². The van der Waals surface area contributed by atoms with Gasteiger partial charge in [-0.05, 0) is 38.5 Å². The molecule has 1 atom stereocenters. The van der Waals surface area contributed by atoms with Crippen molar-refractivity contribution in [3.8, 4) is 0 Å². The Morgan fingerprint density at radius 2 is 1.04 bits per heavy atom. The molecule has 0 aromatic rings. The number of aldehydes is 1. The third-order valence-corrected chi connectivity index (χ3v) is 3.40. The fourth-order valence-corrected chi connectivity index (χ4v) is 1.95. The number of carbonyl (C=O) groups excluding carboxylic acids is 1. The van der Waals surface area contributed by atoms with Crippen molar-refractivity contribution < 1.29 is 9.72 Å². The molecule has 0 spiro atoms. The Morgan fingerprint density at radius 1 is 0.692 bits per heavy atom. The average molecular weight is 357 g/mol. The molecule has 0 heterocycles. The van der Waals surface area contributed by atoms with Gasteiger partial charge in [-0.3, -0.25) is 14.9 Å². The zero-order valence-corrected chi connectivity index (χ0v) is 15.7. The van der Waals surface area contributed by atoms with Gasteiger partial charge in [-0.15, -0.1) is 0 Å². The smallest absolute Gasteiger partial charge is 0.270 e. The van der Waals surface area contributed by atoms with Gasteiger partial charge in [0.2, 0.25) is 0 Å². The van der Waals surface area contributed by atoms with Gasteiger partial charge < -0.3 is 0 Å². The lowest BCUT2D eigenvalue weighted by atomic mass is 10.2. The molecule has 0 aromatic carbocycles. The maximum atomic E-state index is 10.5. The first-order valence-electron chi connectivity index (χ1n) is 9.21. The molecule has 26 heavy (non-hydrogen) atoms. The second-order valence-electron chi connectivity index (χ2n) is 5.64. The minimum Gasteiger partial charge on any atom is -0.296 e. The summed E-state index contributed by atoms with van der Waals surface area (Å²) in [4.78, 5) is 20.3. The SMILES string of the molecule is CC/C=C/C/C=C/C/C=C/C/C=C/C/C=C/C/C=C/CC(C=O)[N+](=O)[O-]. The summed E-state index contributed by atoms with van der Waals surface area (Å²) in [7, 11) is 0. The first kappa shape index (κ1) is 23.5. The highest BCUT2D eigenvalue weighted by atomic mass is 16.6. The Morgan fingerprint density at radius 3 is 1.35 bits per heavy atom. The summed E-state index contributed by atoms with van der Waals surface area (Å²) in [5.74, 6) is 0. The lowest BCUT2D eigenvalue weighted by Gasteiger charge is -1.96. The van der Waals surface area contributed by atoms with Crippen LogP contribution in [-0.4, -0.2) is 17.3 Å². The van der Waals surface area contributed by atoms with Crippen LogP contribution >= 0.6 is 0 Å². The topological polar surface area (TPSA) is 60.2 Å². The van der Waals surface area contributed by atoms with Crippen molar-refractivity contribution in [3.05, 3.63) is 83.0 Å². The lowest BCUT2D eigenvalue weighted by molar-refractivity contribution is -0.504. The largest absolute Gasteiger partial charge is 0.296 e. The molecular formula is C22H31NO3. The number of hydrogen-bond donors (Lipinski definition) is 0. The van der Waals surface area contributed by atoms with Gasteiger partial charge in [0.25, 0.3) is 6.04 Å². The van der Waals surface area contributed by atoms with Gasteiger partial charge in [-0.1, -0.05) is 79.8 Å². The minimum absolute atomic E-state index is 0.154. The third kappa shape index (κ3) is 16.4. The Bertz CT molecular complexity index is 540. The van der Waals surface area contributed by atoms with E-state index in [-0.39, 0.29) is 6.42 Å². The first-order valence-corrected chi connectivity index (χ1v) is 9.21. The van der Waals surface area contributed by atoms with Crippen LogP contribution in [0, 0.1) is 10.1 Å². The van der Waals surface area contributed by atoms with Crippen molar-refractivity contribution in [1.82, 2.24) is 0 Å². The van der Waals surface area contributed by atoms with Gasteiger partial charge in [-0.2, -0.15) is 0 Å². The van der Waals surface area contributed by atoms with Crippen molar-refractivity contribution in [1.29, 1.82) is 0 Å². The van der Waals surface area contributed by atoms with Gasteiger partial charge in [0, 0.05) is 11.3 Å².